The van der Waals surface area contributed by atoms with Gasteiger partial charge in [0.05, 0.1) is 13.2 Å². The first-order valence-corrected chi connectivity index (χ1v) is 11.2. The average molecular weight is 359 g/mol. The van der Waals surface area contributed by atoms with Gasteiger partial charge in [-0.1, -0.05) is 110 Å². The van der Waals surface area contributed by atoms with E-state index in [1.54, 1.807) is 0 Å². The molecule has 0 aromatic rings. The molecule has 0 amide bonds. The summed E-state index contributed by atoms with van der Waals surface area (Å²) >= 11 is 0. The third kappa shape index (κ3) is 21.8. The lowest BCUT2D eigenvalue weighted by Gasteiger charge is -2.08. The summed E-state index contributed by atoms with van der Waals surface area (Å²) < 4.78 is 5.30. The van der Waals surface area contributed by atoms with E-state index in [1.165, 1.54) is 103 Å². The molecule has 0 bridgehead atoms. The fourth-order valence-electron chi connectivity index (χ4n) is 3.20. The Labute approximate surface area is 157 Å². The standard InChI is InChI=1S/C22H46O3/c1-2-3-4-5-6-7-8-9-10-11-12-13-14-15-16-17-18-19-25-21-22(24)20-23/h22-24H,2-21H2,1H3/t22-/m1/s1. The van der Waals surface area contributed by atoms with Gasteiger partial charge in [-0.3, -0.25) is 0 Å². The molecular weight excluding hydrogens is 312 g/mol. The van der Waals surface area contributed by atoms with Crippen LogP contribution in [0.3, 0.4) is 0 Å². The second-order valence-electron chi connectivity index (χ2n) is 7.57. The van der Waals surface area contributed by atoms with Crippen molar-refractivity contribution < 1.29 is 14.9 Å². The summed E-state index contributed by atoms with van der Waals surface area (Å²) in [6, 6.07) is 0. The predicted molar refractivity (Wildman–Crippen MR) is 108 cm³/mol. The van der Waals surface area contributed by atoms with Crippen molar-refractivity contribution >= 4 is 0 Å². The zero-order valence-electron chi connectivity index (χ0n) is 17.0. The molecule has 25 heavy (non-hydrogen) atoms. The number of aliphatic hydroxyl groups is 2. The van der Waals surface area contributed by atoms with Crippen molar-refractivity contribution in [3.63, 3.8) is 0 Å². The number of ether oxygens (including phenoxy) is 1. The fraction of sp³-hybridized carbons (Fsp3) is 1.00. The minimum Gasteiger partial charge on any atom is -0.394 e. The second-order valence-corrected chi connectivity index (χ2v) is 7.57. The van der Waals surface area contributed by atoms with Gasteiger partial charge in [-0.2, -0.15) is 0 Å². The lowest BCUT2D eigenvalue weighted by molar-refractivity contribution is 0.00526. The van der Waals surface area contributed by atoms with Gasteiger partial charge in [0.15, 0.2) is 0 Å². The second kappa shape index (κ2) is 21.9. The van der Waals surface area contributed by atoms with Crippen LogP contribution in [-0.4, -0.2) is 36.1 Å². The Hall–Kier alpha value is -0.120. The third-order valence-electron chi connectivity index (χ3n) is 4.91. The molecule has 0 heterocycles. The van der Waals surface area contributed by atoms with E-state index < -0.39 is 6.10 Å². The van der Waals surface area contributed by atoms with Gasteiger partial charge >= 0.3 is 0 Å². The molecule has 2 N–H and O–H groups in total. The van der Waals surface area contributed by atoms with E-state index in [-0.39, 0.29) is 13.2 Å². The maximum Gasteiger partial charge on any atom is 0.100 e. The summed E-state index contributed by atoms with van der Waals surface area (Å²) in [5.74, 6) is 0. The van der Waals surface area contributed by atoms with E-state index in [4.69, 9.17) is 14.9 Å². The first-order chi connectivity index (χ1) is 12.3. The summed E-state index contributed by atoms with van der Waals surface area (Å²) in [4.78, 5) is 0. The van der Waals surface area contributed by atoms with E-state index in [1.807, 2.05) is 0 Å². The van der Waals surface area contributed by atoms with Crippen LogP contribution in [0, 0.1) is 0 Å². The molecule has 0 aliphatic carbocycles. The topological polar surface area (TPSA) is 49.7 Å². The minimum atomic E-state index is -0.717. The lowest BCUT2D eigenvalue weighted by Crippen LogP contribution is -2.19. The van der Waals surface area contributed by atoms with Crippen molar-refractivity contribution in [1.82, 2.24) is 0 Å². The van der Waals surface area contributed by atoms with Crippen molar-refractivity contribution in [3.8, 4) is 0 Å². The highest BCUT2D eigenvalue weighted by molar-refractivity contribution is 4.51. The Morgan fingerprint density at radius 1 is 0.600 bits per heavy atom. The van der Waals surface area contributed by atoms with Gasteiger partial charge in [-0.05, 0) is 6.42 Å². The summed E-state index contributed by atoms with van der Waals surface area (Å²) in [5, 5.41) is 17.8. The number of hydrogen-bond acceptors (Lipinski definition) is 3. The van der Waals surface area contributed by atoms with Crippen LogP contribution in [0.25, 0.3) is 0 Å². The van der Waals surface area contributed by atoms with Gasteiger partial charge < -0.3 is 14.9 Å². The molecule has 0 aromatic heterocycles. The monoisotopic (exact) mass is 358 g/mol. The third-order valence-corrected chi connectivity index (χ3v) is 4.91. The molecule has 152 valence electrons. The maximum absolute atomic E-state index is 9.13. The van der Waals surface area contributed by atoms with E-state index in [2.05, 4.69) is 6.92 Å². The molecule has 0 aliphatic heterocycles. The van der Waals surface area contributed by atoms with Gasteiger partial charge in [-0.15, -0.1) is 0 Å². The molecule has 0 saturated carbocycles. The van der Waals surface area contributed by atoms with Crippen molar-refractivity contribution in [3.05, 3.63) is 0 Å². The molecule has 0 saturated heterocycles. The van der Waals surface area contributed by atoms with Crippen LogP contribution in [0.15, 0.2) is 0 Å². The van der Waals surface area contributed by atoms with E-state index in [0.717, 1.165) is 6.42 Å². The molecule has 0 rings (SSSR count). The fourth-order valence-corrected chi connectivity index (χ4v) is 3.20. The van der Waals surface area contributed by atoms with Gasteiger partial charge in [0.2, 0.25) is 0 Å². The van der Waals surface area contributed by atoms with Crippen LogP contribution < -0.4 is 0 Å². The zero-order valence-corrected chi connectivity index (χ0v) is 17.0. The summed E-state index contributed by atoms with van der Waals surface area (Å²) in [6.07, 6.45) is 22.7. The van der Waals surface area contributed by atoms with Crippen molar-refractivity contribution in [1.29, 1.82) is 0 Å². The zero-order chi connectivity index (χ0) is 18.4. The number of unbranched alkanes of at least 4 members (excludes halogenated alkanes) is 16. The first kappa shape index (κ1) is 24.9. The largest absolute Gasteiger partial charge is 0.394 e. The Kier molecular flexibility index (Phi) is 21.8. The van der Waals surface area contributed by atoms with Crippen LogP contribution in [0.1, 0.15) is 116 Å². The smallest absolute Gasteiger partial charge is 0.100 e. The average Bonchev–Trinajstić information content (AvgIpc) is 2.63. The highest BCUT2D eigenvalue weighted by Gasteiger charge is 2.00. The number of hydrogen-bond donors (Lipinski definition) is 2. The molecule has 0 aromatic carbocycles. The highest BCUT2D eigenvalue weighted by Crippen LogP contribution is 2.14. The molecule has 0 unspecified atom stereocenters. The molecule has 0 aliphatic rings. The molecule has 0 fully saturated rings. The van der Waals surface area contributed by atoms with Crippen molar-refractivity contribution in [2.45, 2.75) is 122 Å². The lowest BCUT2D eigenvalue weighted by atomic mass is 10.0. The number of rotatable bonds is 21. The van der Waals surface area contributed by atoms with Crippen molar-refractivity contribution in [2.75, 3.05) is 19.8 Å². The Morgan fingerprint density at radius 3 is 1.32 bits per heavy atom. The first-order valence-electron chi connectivity index (χ1n) is 11.2. The summed E-state index contributed by atoms with van der Waals surface area (Å²) in [6.45, 7) is 3.04. The molecule has 1 atom stereocenters. The van der Waals surface area contributed by atoms with E-state index in [0.29, 0.717) is 6.61 Å². The van der Waals surface area contributed by atoms with Crippen LogP contribution in [0.5, 0.6) is 0 Å². The number of aliphatic hydroxyl groups excluding tert-OH is 2. The summed E-state index contributed by atoms with van der Waals surface area (Å²) in [5.41, 5.74) is 0. The van der Waals surface area contributed by atoms with Crippen LogP contribution in [0.4, 0.5) is 0 Å². The molecule has 0 spiro atoms. The SMILES string of the molecule is CCCCCCCCCCCCCCCCCCCOC[C@H](O)CO. The minimum absolute atomic E-state index is 0.209. The molecule has 3 nitrogen and oxygen atoms in total. The highest BCUT2D eigenvalue weighted by atomic mass is 16.5. The van der Waals surface area contributed by atoms with Crippen LogP contribution in [0.2, 0.25) is 0 Å². The van der Waals surface area contributed by atoms with Crippen molar-refractivity contribution in [2.24, 2.45) is 0 Å². The van der Waals surface area contributed by atoms with E-state index >= 15 is 0 Å². The van der Waals surface area contributed by atoms with Gasteiger partial charge in [0, 0.05) is 6.61 Å². The Balaban J connectivity index is 2.98. The van der Waals surface area contributed by atoms with Gasteiger partial charge in [0.25, 0.3) is 0 Å². The normalized spacial score (nSPS) is 12.6. The van der Waals surface area contributed by atoms with E-state index in [9.17, 15) is 0 Å². The predicted octanol–water partition coefficient (Wildman–Crippen LogP) is 6.01. The Bertz CT molecular complexity index is 233. The molecule has 0 radical (unpaired) electrons. The van der Waals surface area contributed by atoms with Crippen LogP contribution >= 0.6 is 0 Å². The van der Waals surface area contributed by atoms with Gasteiger partial charge in [0.1, 0.15) is 6.10 Å². The summed E-state index contributed by atoms with van der Waals surface area (Å²) in [7, 11) is 0. The Morgan fingerprint density at radius 2 is 0.960 bits per heavy atom. The quantitative estimate of drug-likeness (QED) is 0.247. The molecular formula is C22H46O3. The van der Waals surface area contributed by atoms with Gasteiger partial charge in [-0.25, -0.2) is 0 Å². The molecule has 3 heteroatoms. The van der Waals surface area contributed by atoms with Crippen LogP contribution in [-0.2, 0) is 4.74 Å². The maximum atomic E-state index is 9.13.